The first-order valence-electron chi connectivity index (χ1n) is 3.48. The third kappa shape index (κ3) is 0.884. The number of hydrogen-bond donors (Lipinski definition) is 1. The molecule has 0 aromatic carbocycles. The number of rotatable bonds is 0. The molecular formula is C7H11NO. The van der Waals surface area contributed by atoms with Gasteiger partial charge in [-0.3, -0.25) is 5.32 Å². The van der Waals surface area contributed by atoms with E-state index in [1.54, 1.807) is 0 Å². The Kier molecular flexibility index (Phi) is 1.28. The van der Waals surface area contributed by atoms with Crippen LogP contribution in [0.4, 0.5) is 0 Å². The molecule has 1 aliphatic carbocycles. The smallest absolute Gasteiger partial charge is 0.0977 e. The summed E-state index contributed by atoms with van der Waals surface area (Å²) in [5, 5.41) is 3.29. The van der Waals surface area contributed by atoms with E-state index < -0.39 is 0 Å². The van der Waals surface area contributed by atoms with E-state index in [1.807, 2.05) is 0 Å². The maximum absolute atomic E-state index is 5.36. The predicted octanol–water partition coefficient (Wildman–Crippen LogP) is 0.651. The quantitative estimate of drug-likeness (QED) is 0.480. The van der Waals surface area contributed by atoms with Crippen molar-refractivity contribution in [3.8, 4) is 0 Å². The summed E-state index contributed by atoms with van der Waals surface area (Å²) in [6.45, 7) is 0.736. The van der Waals surface area contributed by atoms with Gasteiger partial charge in [0.1, 0.15) is 0 Å². The molecule has 0 aromatic heterocycles. The van der Waals surface area contributed by atoms with Crippen molar-refractivity contribution in [2.45, 2.75) is 25.0 Å². The first-order valence-corrected chi connectivity index (χ1v) is 3.48. The van der Waals surface area contributed by atoms with E-state index in [9.17, 15) is 0 Å². The highest BCUT2D eigenvalue weighted by Gasteiger charge is 2.26. The van der Waals surface area contributed by atoms with Crippen LogP contribution >= 0.6 is 0 Å². The summed E-state index contributed by atoms with van der Waals surface area (Å²) in [6, 6.07) is 0.606. The molecule has 1 saturated heterocycles. The van der Waals surface area contributed by atoms with Crippen LogP contribution < -0.4 is 5.32 Å². The molecule has 2 unspecified atom stereocenters. The summed E-state index contributed by atoms with van der Waals surface area (Å²) in [4.78, 5) is 0. The van der Waals surface area contributed by atoms with Crippen LogP contribution in [0.2, 0.25) is 0 Å². The van der Waals surface area contributed by atoms with Crippen molar-refractivity contribution in [2.24, 2.45) is 0 Å². The van der Waals surface area contributed by atoms with Crippen molar-refractivity contribution in [1.82, 2.24) is 5.32 Å². The lowest BCUT2D eigenvalue weighted by Gasteiger charge is -2.17. The number of ether oxygens (including phenoxy) is 1. The zero-order valence-electron chi connectivity index (χ0n) is 5.34. The average molecular weight is 125 g/mol. The number of nitrogens with one attached hydrogen (secondary N) is 1. The van der Waals surface area contributed by atoms with Gasteiger partial charge in [-0.1, -0.05) is 12.2 Å². The van der Waals surface area contributed by atoms with Crippen LogP contribution in [-0.2, 0) is 4.74 Å². The monoisotopic (exact) mass is 125 g/mol. The Labute approximate surface area is 54.9 Å². The minimum atomic E-state index is 0.374. The van der Waals surface area contributed by atoms with E-state index in [1.165, 1.54) is 12.8 Å². The van der Waals surface area contributed by atoms with Crippen LogP contribution in [0.3, 0.4) is 0 Å². The largest absolute Gasteiger partial charge is 0.357 e. The van der Waals surface area contributed by atoms with Crippen molar-refractivity contribution < 1.29 is 4.74 Å². The van der Waals surface area contributed by atoms with Crippen LogP contribution in [0.1, 0.15) is 12.8 Å². The van der Waals surface area contributed by atoms with E-state index in [4.69, 9.17) is 4.74 Å². The van der Waals surface area contributed by atoms with Gasteiger partial charge in [-0.05, 0) is 12.8 Å². The SMILES string of the molecule is C1=CC2OCNC2CC1. The van der Waals surface area contributed by atoms with E-state index in [0.29, 0.717) is 12.1 Å². The molecule has 2 rings (SSSR count). The van der Waals surface area contributed by atoms with Crippen molar-refractivity contribution >= 4 is 0 Å². The predicted molar refractivity (Wildman–Crippen MR) is 35.0 cm³/mol. The molecule has 2 atom stereocenters. The molecular weight excluding hydrogens is 114 g/mol. The lowest BCUT2D eigenvalue weighted by molar-refractivity contribution is 0.133. The fourth-order valence-corrected chi connectivity index (χ4v) is 1.45. The van der Waals surface area contributed by atoms with E-state index >= 15 is 0 Å². The lowest BCUT2D eigenvalue weighted by atomic mass is 10.0. The third-order valence-electron chi connectivity index (χ3n) is 1.99. The first kappa shape index (κ1) is 5.45. The van der Waals surface area contributed by atoms with Crippen LogP contribution in [0.15, 0.2) is 12.2 Å². The van der Waals surface area contributed by atoms with Crippen molar-refractivity contribution in [1.29, 1.82) is 0 Å². The van der Waals surface area contributed by atoms with Gasteiger partial charge in [-0.25, -0.2) is 0 Å². The van der Waals surface area contributed by atoms with Gasteiger partial charge in [0.2, 0.25) is 0 Å². The van der Waals surface area contributed by atoms with Crippen LogP contribution in [0, 0.1) is 0 Å². The highest BCUT2D eigenvalue weighted by atomic mass is 16.5. The molecule has 0 saturated carbocycles. The molecule has 2 aliphatic rings. The third-order valence-corrected chi connectivity index (χ3v) is 1.99. The topological polar surface area (TPSA) is 21.3 Å². The molecule has 9 heavy (non-hydrogen) atoms. The second-order valence-corrected chi connectivity index (χ2v) is 2.59. The zero-order chi connectivity index (χ0) is 6.10. The Morgan fingerprint density at radius 2 is 2.56 bits per heavy atom. The normalized spacial score (nSPS) is 40.9. The summed E-state index contributed by atoms with van der Waals surface area (Å²) in [5.74, 6) is 0. The average Bonchev–Trinajstić information content (AvgIpc) is 2.33. The Hall–Kier alpha value is -0.340. The highest BCUT2D eigenvalue weighted by Crippen LogP contribution is 2.17. The van der Waals surface area contributed by atoms with Crippen LogP contribution in [0.5, 0.6) is 0 Å². The Balaban J connectivity index is 2.10. The fraction of sp³-hybridized carbons (Fsp3) is 0.714. The van der Waals surface area contributed by atoms with Gasteiger partial charge < -0.3 is 4.74 Å². The fourth-order valence-electron chi connectivity index (χ4n) is 1.45. The summed E-state index contributed by atoms with van der Waals surface area (Å²) in [6.07, 6.45) is 7.18. The van der Waals surface area contributed by atoms with E-state index in [2.05, 4.69) is 17.5 Å². The van der Waals surface area contributed by atoms with E-state index in [-0.39, 0.29) is 0 Å². The highest BCUT2D eigenvalue weighted by molar-refractivity contribution is 5.03. The van der Waals surface area contributed by atoms with Crippen molar-refractivity contribution in [3.63, 3.8) is 0 Å². The van der Waals surface area contributed by atoms with Gasteiger partial charge in [0.15, 0.2) is 0 Å². The van der Waals surface area contributed by atoms with Crippen molar-refractivity contribution in [3.05, 3.63) is 12.2 Å². The maximum atomic E-state index is 5.36. The molecule has 1 N–H and O–H groups in total. The molecule has 2 heteroatoms. The summed E-state index contributed by atoms with van der Waals surface area (Å²) in [5.41, 5.74) is 0. The summed E-state index contributed by atoms with van der Waals surface area (Å²) in [7, 11) is 0. The van der Waals surface area contributed by atoms with Gasteiger partial charge in [0.25, 0.3) is 0 Å². The second-order valence-electron chi connectivity index (χ2n) is 2.59. The summed E-state index contributed by atoms with van der Waals surface area (Å²) >= 11 is 0. The minimum Gasteiger partial charge on any atom is -0.357 e. The Morgan fingerprint density at radius 3 is 3.44 bits per heavy atom. The van der Waals surface area contributed by atoms with Gasteiger partial charge in [0, 0.05) is 6.04 Å². The van der Waals surface area contributed by atoms with E-state index in [0.717, 1.165) is 6.73 Å². The second kappa shape index (κ2) is 2.12. The molecule has 0 aromatic rings. The molecule has 50 valence electrons. The lowest BCUT2D eigenvalue weighted by Crippen LogP contribution is -2.30. The number of fused-ring (bicyclic) bond motifs is 1. The molecule has 1 aliphatic heterocycles. The van der Waals surface area contributed by atoms with Gasteiger partial charge in [-0.2, -0.15) is 0 Å². The maximum Gasteiger partial charge on any atom is 0.0977 e. The van der Waals surface area contributed by atoms with Gasteiger partial charge >= 0.3 is 0 Å². The number of allylic oxidation sites excluding steroid dienone is 1. The standard InChI is InChI=1S/C7H11NO/c1-2-4-7-6(3-1)8-5-9-7/h2,4,6-8H,1,3,5H2. The Morgan fingerprint density at radius 1 is 1.56 bits per heavy atom. The minimum absolute atomic E-state index is 0.374. The van der Waals surface area contributed by atoms with Gasteiger partial charge in [0.05, 0.1) is 12.8 Å². The van der Waals surface area contributed by atoms with Crippen molar-refractivity contribution in [2.75, 3.05) is 6.73 Å². The summed E-state index contributed by atoms with van der Waals surface area (Å²) < 4.78 is 5.36. The van der Waals surface area contributed by atoms with Crippen LogP contribution in [-0.4, -0.2) is 18.9 Å². The molecule has 1 heterocycles. The van der Waals surface area contributed by atoms with Gasteiger partial charge in [-0.15, -0.1) is 0 Å². The first-order chi connectivity index (χ1) is 4.47. The molecule has 0 spiro atoms. The molecule has 0 bridgehead atoms. The zero-order valence-corrected chi connectivity index (χ0v) is 5.34. The number of hydrogen-bond acceptors (Lipinski definition) is 2. The molecule has 0 radical (unpaired) electrons. The molecule has 1 fully saturated rings. The van der Waals surface area contributed by atoms with Crippen LogP contribution in [0.25, 0.3) is 0 Å². The molecule has 0 amide bonds. The molecule has 2 nitrogen and oxygen atoms in total. The Bertz CT molecular complexity index is 133.